The number of nitrogens with two attached hydrogens (primary N) is 1. The molecule has 3 rings (SSSR count). The van der Waals surface area contributed by atoms with Crippen LogP contribution in [-0.4, -0.2) is 37.6 Å². The van der Waals surface area contributed by atoms with Crippen LogP contribution in [-0.2, 0) is 13.0 Å². The van der Waals surface area contributed by atoms with Crippen LogP contribution in [0, 0.1) is 0 Å². The normalized spacial score (nSPS) is 14.8. The van der Waals surface area contributed by atoms with Crippen molar-refractivity contribution in [1.29, 1.82) is 0 Å². The molecule has 0 bridgehead atoms. The van der Waals surface area contributed by atoms with E-state index in [0.29, 0.717) is 5.96 Å². The van der Waals surface area contributed by atoms with Gasteiger partial charge in [-0.15, -0.1) is 0 Å². The van der Waals surface area contributed by atoms with Crippen molar-refractivity contribution in [2.45, 2.75) is 19.4 Å². The summed E-state index contributed by atoms with van der Waals surface area (Å²) in [6.45, 7) is 3.95. The van der Waals surface area contributed by atoms with Gasteiger partial charge in [0.25, 0.3) is 0 Å². The molecule has 0 aliphatic carbocycles. The van der Waals surface area contributed by atoms with Crippen LogP contribution in [0.1, 0.15) is 17.5 Å². The van der Waals surface area contributed by atoms with E-state index < -0.39 is 0 Å². The van der Waals surface area contributed by atoms with Crippen molar-refractivity contribution in [3.63, 3.8) is 0 Å². The lowest BCUT2D eigenvalue weighted by atomic mass is 10.00. The second kappa shape index (κ2) is 8.53. The van der Waals surface area contributed by atoms with Crippen molar-refractivity contribution in [3.8, 4) is 5.75 Å². The van der Waals surface area contributed by atoms with Gasteiger partial charge in [-0.1, -0.05) is 24.3 Å². The molecule has 1 aliphatic rings. The Hall–Kier alpha value is -2.53. The highest BCUT2D eigenvalue weighted by molar-refractivity contribution is 5.92. The number of nitrogens with zero attached hydrogens (tertiary/aromatic N) is 2. The number of fused-ring (bicyclic) bond motifs is 1. The first kappa shape index (κ1) is 17.3. The van der Waals surface area contributed by atoms with E-state index in [9.17, 15) is 0 Å². The maximum atomic E-state index is 5.95. The van der Waals surface area contributed by atoms with Gasteiger partial charge in [0.1, 0.15) is 5.75 Å². The number of hydrogen-bond acceptors (Lipinski definition) is 3. The average Bonchev–Trinajstić information content (AvgIpc) is 2.66. The highest BCUT2D eigenvalue weighted by Gasteiger charge is 2.14. The number of nitrogens with one attached hydrogen (secondary N) is 1. The summed E-state index contributed by atoms with van der Waals surface area (Å²) < 4.78 is 5.14. The summed E-state index contributed by atoms with van der Waals surface area (Å²) in [5, 5.41) is 3.10. The Morgan fingerprint density at radius 2 is 1.92 bits per heavy atom. The molecule has 0 fully saturated rings. The molecule has 0 unspecified atom stereocenters. The predicted molar refractivity (Wildman–Crippen MR) is 103 cm³/mol. The molecule has 25 heavy (non-hydrogen) atoms. The quantitative estimate of drug-likeness (QED) is 0.483. The molecule has 132 valence electrons. The third-order valence-corrected chi connectivity index (χ3v) is 4.49. The number of methoxy groups -OCH3 is 1. The Morgan fingerprint density at radius 3 is 2.68 bits per heavy atom. The third-order valence-electron chi connectivity index (χ3n) is 4.49. The summed E-state index contributed by atoms with van der Waals surface area (Å²) in [7, 11) is 1.65. The first-order valence-corrected chi connectivity index (χ1v) is 8.75. The standard InChI is InChI=1S/C20H26N4O/c1-25-19-9-7-18(8-10-19)23-20(21)22-12-4-13-24-14-11-16-5-2-3-6-17(16)15-24/h2-3,5-10H,4,11-15H2,1H3,(H3,21,22,23). The molecule has 0 saturated carbocycles. The van der Waals surface area contributed by atoms with Crippen LogP contribution >= 0.6 is 0 Å². The molecular formula is C20H26N4O. The van der Waals surface area contributed by atoms with Gasteiger partial charge in [-0.3, -0.25) is 9.89 Å². The average molecular weight is 338 g/mol. The van der Waals surface area contributed by atoms with Crippen LogP contribution in [0.25, 0.3) is 0 Å². The van der Waals surface area contributed by atoms with Crippen molar-refractivity contribution >= 4 is 11.6 Å². The minimum Gasteiger partial charge on any atom is -0.497 e. The molecule has 0 saturated heterocycles. The number of aliphatic imine (C=N–C) groups is 1. The van der Waals surface area contributed by atoms with Gasteiger partial charge in [-0.2, -0.15) is 0 Å². The summed E-state index contributed by atoms with van der Waals surface area (Å²) in [5.74, 6) is 1.28. The van der Waals surface area contributed by atoms with Crippen molar-refractivity contribution in [2.75, 3.05) is 32.1 Å². The van der Waals surface area contributed by atoms with Gasteiger partial charge < -0.3 is 15.8 Å². The van der Waals surface area contributed by atoms with Crippen LogP contribution in [0.15, 0.2) is 53.5 Å². The Bertz CT molecular complexity index is 712. The lowest BCUT2D eigenvalue weighted by molar-refractivity contribution is 0.253. The van der Waals surface area contributed by atoms with Crippen molar-refractivity contribution in [2.24, 2.45) is 10.7 Å². The van der Waals surface area contributed by atoms with Gasteiger partial charge in [0.05, 0.1) is 7.11 Å². The van der Waals surface area contributed by atoms with E-state index in [1.54, 1.807) is 7.11 Å². The maximum Gasteiger partial charge on any atom is 0.193 e. The first-order chi connectivity index (χ1) is 12.2. The smallest absolute Gasteiger partial charge is 0.193 e. The van der Waals surface area contributed by atoms with E-state index in [0.717, 1.165) is 50.5 Å². The molecule has 3 N–H and O–H groups in total. The van der Waals surface area contributed by atoms with E-state index in [-0.39, 0.29) is 0 Å². The topological polar surface area (TPSA) is 62.9 Å². The number of guanidine groups is 1. The molecule has 0 spiro atoms. The fourth-order valence-corrected chi connectivity index (χ4v) is 3.10. The summed E-state index contributed by atoms with van der Waals surface area (Å²) >= 11 is 0. The van der Waals surface area contributed by atoms with Crippen LogP contribution in [0.4, 0.5) is 5.69 Å². The van der Waals surface area contributed by atoms with Crippen molar-refractivity contribution in [3.05, 3.63) is 59.7 Å². The molecule has 0 atom stereocenters. The Morgan fingerprint density at radius 1 is 1.16 bits per heavy atom. The third kappa shape index (κ3) is 4.97. The number of ether oxygens (including phenoxy) is 1. The lowest BCUT2D eigenvalue weighted by Gasteiger charge is -2.28. The van der Waals surface area contributed by atoms with Gasteiger partial charge in [0.2, 0.25) is 0 Å². The molecule has 1 heterocycles. The van der Waals surface area contributed by atoms with Gasteiger partial charge >= 0.3 is 0 Å². The monoisotopic (exact) mass is 338 g/mol. The molecule has 5 heteroatoms. The summed E-state index contributed by atoms with van der Waals surface area (Å²) in [5.41, 5.74) is 9.81. The van der Waals surface area contributed by atoms with Crippen LogP contribution in [0.2, 0.25) is 0 Å². The maximum absolute atomic E-state index is 5.95. The van der Waals surface area contributed by atoms with E-state index in [2.05, 4.69) is 39.5 Å². The molecule has 0 amide bonds. The van der Waals surface area contributed by atoms with Crippen molar-refractivity contribution in [1.82, 2.24) is 4.90 Å². The molecule has 1 aliphatic heterocycles. The second-order valence-corrected chi connectivity index (χ2v) is 6.27. The number of anilines is 1. The first-order valence-electron chi connectivity index (χ1n) is 8.75. The molecule has 5 nitrogen and oxygen atoms in total. The predicted octanol–water partition coefficient (Wildman–Crippen LogP) is 2.87. The number of hydrogen-bond donors (Lipinski definition) is 2. The fourth-order valence-electron chi connectivity index (χ4n) is 3.10. The molecule has 2 aromatic carbocycles. The zero-order chi connectivity index (χ0) is 17.5. The van der Waals surface area contributed by atoms with Gasteiger partial charge in [0.15, 0.2) is 5.96 Å². The molecule has 0 radical (unpaired) electrons. The minimum atomic E-state index is 0.453. The van der Waals surface area contributed by atoms with Crippen LogP contribution in [0.3, 0.4) is 0 Å². The second-order valence-electron chi connectivity index (χ2n) is 6.27. The fraction of sp³-hybridized carbons (Fsp3) is 0.350. The Labute approximate surface area is 149 Å². The van der Waals surface area contributed by atoms with Crippen LogP contribution < -0.4 is 15.8 Å². The minimum absolute atomic E-state index is 0.453. The summed E-state index contributed by atoms with van der Waals surface area (Å²) in [4.78, 5) is 6.91. The zero-order valence-electron chi connectivity index (χ0n) is 14.7. The lowest BCUT2D eigenvalue weighted by Crippen LogP contribution is -2.31. The van der Waals surface area contributed by atoms with E-state index in [4.69, 9.17) is 10.5 Å². The highest BCUT2D eigenvalue weighted by Crippen LogP contribution is 2.18. The Balaban J connectivity index is 1.40. The van der Waals surface area contributed by atoms with Gasteiger partial charge in [0, 0.05) is 31.9 Å². The number of benzene rings is 2. The zero-order valence-corrected chi connectivity index (χ0v) is 14.7. The van der Waals surface area contributed by atoms with E-state index in [1.165, 1.54) is 11.1 Å². The van der Waals surface area contributed by atoms with E-state index in [1.807, 2.05) is 24.3 Å². The molecule has 0 aromatic heterocycles. The molecule has 2 aromatic rings. The van der Waals surface area contributed by atoms with Crippen LogP contribution in [0.5, 0.6) is 5.75 Å². The summed E-state index contributed by atoms with van der Waals surface area (Å²) in [6, 6.07) is 16.4. The summed E-state index contributed by atoms with van der Waals surface area (Å²) in [6.07, 6.45) is 2.15. The Kier molecular flexibility index (Phi) is 5.90. The number of rotatable bonds is 6. The highest BCUT2D eigenvalue weighted by atomic mass is 16.5. The van der Waals surface area contributed by atoms with Gasteiger partial charge in [-0.25, -0.2) is 0 Å². The van der Waals surface area contributed by atoms with Crippen molar-refractivity contribution < 1.29 is 4.74 Å². The van der Waals surface area contributed by atoms with E-state index >= 15 is 0 Å². The molecular weight excluding hydrogens is 312 g/mol. The SMILES string of the molecule is COc1ccc(NC(N)=NCCCN2CCc3ccccc3C2)cc1. The largest absolute Gasteiger partial charge is 0.497 e. The van der Waals surface area contributed by atoms with Gasteiger partial charge in [-0.05, 0) is 48.2 Å².